The third-order valence-corrected chi connectivity index (χ3v) is 5.28. The van der Waals surface area contributed by atoms with Crippen molar-refractivity contribution in [3.8, 4) is 6.07 Å². The Morgan fingerprint density at radius 3 is 1.89 bits per heavy atom. The van der Waals surface area contributed by atoms with Gasteiger partial charge < -0.3 is 4.90 Å². The summed E-state index contributed by atoms with van der Waals surface area (Å²) >= 11 is 0. The predicted octanol–water partition coefficient (Wildman–Crippen LogP) is 5.29. The van der Waals surface area contributed by atoms with Crippen molar-refractivity contribution in [1.29, 1.82) is 5.26 Å². The van der Waals surface area contributed by atoms with Crippen LogP contribution in [-0.4, -0.2) is 22.9 Å². The molecular weight excluding hydrogens is 332 g/mol. The van der Waals surface area contributed by atoms with Gasteiger partial charge in [-0.1, -0.05) is 60.7 Å². The fraction of sp³-hybridized carbons (Fsp3) is 0.417. The molecule has 2 rings (SSSR count). The van der Waals surface area contributed by atoms with E-state index in [1.165, 1.54) is 0 Å². The Morgan fingerprint density at radius 1 is 0.963 bits per heavy atom. The zero-order valence-electron chi connectivity index (χ0n) is 17.0. The molecular formula is C24H30N2O. The second-order valence-electron chi connectivity index (χ2n) is 7.84. The summed E-state index contributed by atoms with van der Waals surface area (Å²) < 4.78 is 0. The molecule has 142 valence electrons. The molecule has 0 fully saturated rings. The molecule has 0 saturated heterocycles. The van der Waals surface area contributed by atoms with Crippen LogP contribution >= 0.6 is 0 Å². The van der Waals surface area contributed by atoms with E-state index >= 15 is 0 Å². The number of nitrogens with zero attached hydrogens (tertiary/aromatic N) is 2. The molecule has 0 N–H and O–H groups in total. The van der Waals surface area contributed by atoms with E-state index < -0.39 is 5.41 Å². The molecule has 0 aliphatic heterocycles. The summed E-state index contributed by atoms with van der Waals surface area (Å²) in [5.41, 5.74) is 1.17. The first-order chi connectivity index (χ1) is 12.8. The molecule has 2 atom stereocenters. The Morgan fingerprint density at radius 2 is 1.44 bits per heavy atom. The second-order valence-corrected chi connectivity index (χ2v) is 7.84. The quantitative estimate of drug-likeness (QED) is 0.672. The first-order valence-electron chi connectivity index (χ1n) is 9.64. The molecule has 0 heterocycles. The minimum Gasteiger partial charge on any atom is -0.338 e. The molecule has 0 aliphatic carbocycles. The zero-order valence-corrected chi connectivity index (χ0v) is 17.0. The van der Waals surface area contributed by atoms with E-state index in [9.17, 15) is 10.1 Å². The van der Waals surface area contributed by atoms with Crippen LogP contribution in [0.3, 0.4) is 0 Å². The van der Waals surface area contributed by atoms with Gasteiger partial charge in [0.1, 0.15) is 0 Å². The van der Waals surface area contributed by atoms with Gasteiger partial charge in [-0.25, -0.2) is 0 Å². The fourth-order valence-electron chi connectivity index (χ4n) is 3.92. The van der Waals surface area contributed by atoms with Gasteiger partial charge in [-0.3, -0.25) is 4.79 Å². The van der Waals surface area contributed by atoms with Crippen molar-refractivity contribution in [3.05, 3.63) is 71.8 Å². The van der Waals surface area contributed by atoms with Crippen molar-refractivity contribution in [3.63, 3.8) is 0 Å². The Balaban J connectivity index is 2.50. The number of benzene rings is 2. The first-order valence-corrected chi connectivity index (χ1v) is 9.64. The summed E-state index contributed by atoms with van der Waals surface area (Å²) in [4.78, 5) is 15.1. The van der Waals surface area contributed by atoms with Crippen LogP contribution in [0.25, 0.3) is 0 Å². The highest BCUT2D eigenvalue weighted by Crippen LogP contribution is 2.41. The molecule has 3 nitrogen and oxygen atoms in total. The van der Waals surface area contributed by atoms with E-state index in [1.807, 2.05) is 100 Å². The summed E-state index contributed by atoms with van der Waals surface area (Å²) in [5.74, 6) is -0.134. The second kappa shape index (κ2) is 8.86. The zero-order chi connectivity index (χ0) is 20.0. The fourth-order valence-corrected chi connectivity index (χ4v) is 3.92. The van der Waals surface area contributed by atoms with Crippen LogP contribution < -0.4 is 0 Å². The van der Waals surface area contributed by atoms with Crippen LogP contribution in [0.15, 0.2) is 60.7 Å². The van der Waals surface area contributed by atoms with E-state index in [0.717, 1.165) is 11.1 Å². The number of carbonyl (C=O) groups excluding carboxylic acids is 1. The summed E-state index contributed by atoms with van der Waals surface area (Å²) in [7, 11) is 0. The van der Waals surface area contributed by atoms with Crippen LogP contribution in [0.1, 0.15) is 58.1 Å². The van der Waals surface area contributed by atoms with Gasteiger partial charge in [0.05, 0.1) is 11.5 Å². The molecule has 0 bridgehead atoms. The maximum atomic E-state index is 13.2. The molecule has 2 aromatic carbocycles. The van der Waals surface area contributed by atoms with Gasteiger partial charge >= 0.3 is 0 Å². The van der Waals surface area contributed by atoms with Gasteiger partial charge in [0.25, 0.3) is 0 Å². The van der Waals surface area contributed by atoms with Crippen LogP contribution in [0.5, 0.6) is 0 Å². The van der Waals surface area contributed by atoms with Gasteiger partial charge in [0.15, 0.2) is 0 Å². The topological polar surface area (TPSA) is 44.1 Å². The van der Waals surface area contributed by atoms with Crippen molar-refractivity contribution in [2.45, 2.75) is 64.5 Å². The lowest BCUT2D eigenvalue weighted by atomic mass is 9.68. The maximum Gasteiger partial charge on any atom is 0.223 e. The van der Waals surface area contributed by atoms with Crippen LogP contribution in [0.4, 0.5) is 0 Å². The summed E-state index contributed by atoms with van der Waals surface area (Å²) in [6.45, 7) is 10.1. The lowest BCUT2D eigenvalue weighted by Crippen LogP contribution is -2.44. The lowest BCUT2D eigenvalue weighted by molar-refractivity contribution is -0.135. The van der Waals surface area contributed by atoms with Crippen LogP contribution in [0.2, 0.25) is 0 Å². The lowest BCUT2D eigenvalue weighted by Gasteiger charge is -2.36. The van der Waals surface area contributed by atoms with Gasteiger partial charge in [0, 0.05) is 24.4 Å². The monoisotopic (exact) mass is 362 g/mol. The standard InChI is InChI=1S/C24H30N2O/c1-18(2)26(19(3)4)23(27)16-22(20-12-8-6-9-13-20)24(5,17-25)21-14-10-7-11-15-21/h6-15,18-19,22H,16H2,1-5H3/t22-,24+/m1/s1. The van der Waals surface area contributed by atoms with Gasteiger partial charge in [-0.2, -0.15) is 5.26 Å². The van der Waals surface area contributed by atoms with Crippen molar-refractivity contribution in [2.75, 3.05) is 0 Å². The number of hydrogen-bond acceptors (Lipinski definition) is 2. The van der Waals surface area contributed by atoms with Crippen LogP contribution in [-0.2, 0) is 10.2 Å². The van der Waals surface area contributed by atoms with E-state index in [0.29, 0.717) is 6.42 Å². The normalized spacial score (nSPS) is 14.4. The number of nitriles is 1. The summed E-state index contributed by atoms with van der Waals surface area (Å²) in [5, 5.41) is 10.2. The predicted molar refractivity (Wildman–Crippen MR) is 110 cm³/mol. The van der Waals surface area contributed by atoms with Crippen LogP contribution in [0, 0.1) is 11.3 Å². The molecule has 0 saturated carbocycles. The molecule has 0 unspecified atom stereocenters. The number of amides is 1. The van der Waals surface area contributed by atoms with E-state index in [4.69, 9.17) is 0 Å². The molecule has 2 aromatic rings. The molecule has 0 aromatic heterocycles. The summed E-state index contributed by atoms with van der Waals surface area (Å²) in [6, 6.07) is 22.5. The van der Waals surface area contributed by atoms with Crippen molar-refractivity contribution in [2.24, 2.45) is 0 Å². The van der Waals surface area contributed by atoms with Crippen molar-refractivity contribution in [1.82, 2.24) is 4.90 Å². The highest BCUT2D eigenvalue weighted by Gasteiger charge is 2.39. The molecule has 0 spiro atoms. The number of carbonyl (C=O) groups is 1. The third-order valence-electron chi connectivity index (χ3n) is 5.28. The molecule has 0 aliphatic rings. The highest BCUT2D eigenvalue weighted by atomic mass is 16.2. The minimum absolute atomic E-state index is 0.0891. The molecule has 27 heavy (non-hydrogen) atoms. The Labute approximate surface area is 163 Å². The molecule has 0 radical (unpaired) electrons. The number of rotatable bonds is 7. The maximum absolute atomic E-state index is 13.2. The molecule has 3 heteroatoms. The van der Waals surface area contributed by atoms with E-state index in [-0.39, 0.29) is 23.9 Å². The van der Waals surface area contributed by atoms with Gasteiger partial charge in [0.2, 0.25) is 5.91 Å². The SMILES string of the molecule is CC(C)N(C(=O)C[C@H](c1ccccc1)[C@@](C)(C#N)c1ccccc1)C(C)C. The Bertz CT molecular complexity index is 769. The average molecular weight is 363 g/mol. The third kappa shape index (κ3) is 4.57. The molecule has 1 amide bonds. The summed E-state index contributed by atoms with van der Waals surface area (Å²) in [6.07, 6.45) is 0.305. The van der Waals surface area contributed by atoms with Gasteiger partial charge in [-0.05, 0) is 45.7 Å². The first kappa shape index (κ1) is 20.7. The van der Waals surface area contributed by atoms with Crippen molar-refractivity contribution >= 4 is 5.91 Å². The van der Waals surface area contributed by atoms with Gasteiger partial charge in [-0.15, -0.1) is 0 Å². The van der Waals surface area contributed by atoms with E-state index in [1.54, 1.807) is 0 Å². The largest absolute Gasteiger partial charge is 0.338 e. The van der Waals surface area contributed by atoms with Crippen molar-refractivity contribution < 1.29 is 4.79 Å². The Kier molecular flexibility index (Phi) is 6.80. The van der Waals surface area contributed by atoms with E-state index in [2.05, 4.69) is 6.07 Å². The number of hydrogen-bond donors (Lipinski definition) is 0. The Hall–Kier alpha value is -2.60. The highest BCUT2D eigenvalue weighted by molar-refractivity contribution is 5.78. The average Bonchev–Trinajstić information content (AvgIpc) is 2.66. The smallest absolute Gasteiger partial charge is 0.223 e. The minimum atomic E-state index is -0.794.